The van der Waals surface area contributed by atoms with Crippen molar-refractivity contribution in [1.29, 1.82) is 0 Å². The van der Waals surface area contributed by atoms with Crippen LogP contribution in [0.5, 0.6) is 0 Å². The van der Waals surface area contributed by atoms with Gasteiger partial charge in [-0.1, -0.05) is 0 Å². The van der Waals surface area contributed by atoms with Crippen molar-refractivity contribution >= 4 is 23.3 Å². The molecule has 5 heterocycles. The molecule has 0 spiro atoms. The first kappa shape index (κ1) is 18.8. The Bertz CT molecular complexity index is 913. The molecule has 3 aliphatic rings. The summed E-state index contributed by atoms with van der Waals surface area (Å²) in [6.07, 6.45) is 3.07. The lowest BCUT2D eigenvalue weighted by Crippen LogP contribution is -2.53. The number of hydrogen-bond donors (Lipinski definition) is 1. The Morgan fingerprint density at radius 2 is 2.14 bits per heavy atom. The van der Waals surface area contributed by atoms with E-state index < -0.39 is 24.0 Å². The summed E-state index contributed by atoms with van der Waals surface area (Å²) >= 11 is 0. The predicted molar refractivity (Wildman–Crippen MR) is 103 cm³/mol. The van der Waals surface area contributed by atoms with Crippen LogP contribution in [-0.2, 0) is 14.2 Å². The maximum absolute atomic E-state index is 10.9. The summed E-state index contributed by atoms with van der Waals surface area (Å²) < 4.78 is 19.6. The van der Waals surface area contributed by atoms with E-state index in [0.717, 1.165) is 13.1 Å². The Morgan fingerprint density at radius 3 is 2.93 bits per heavy atom. The molecule has 29 heavy (non-hydrogen) atoms. The number of ether oxygens (including phenoxy) is 3. The average molecular weight is 403 g/mol. The monoisotopic (exact) mass is 403 g/mol. The third-order valence-corrected chi connectivity index (χ3v) is 5.63. The second kappa shape index (κ2) is 7.26. The van der Waals surface area contributed by atoms with Crippen LogP contribution < -0.4 is 0 Å². The smallest absolute Gasteiger partial charge is 0.184 e. The number of hydrogen-bond acceptors (Lipinski definition) is 9. The summed E-state index contributed by atoms with van der Waals surface area (Å²) in [7, 11) is 3.77. The van der Waals surface area contributed by atoms with Gasteiger partial charge in [-0.25, -0.2) is 19.9 Å². The van der Waals surface area contributed by atoms with Gasteiger partial charge in [-0.2, -0.15) is 0 Å². The number of aliphatic hydroxyl groups excluding tert-OH is 1. The predicted octanol–water partition coefficient (Wildman–Crippen LogP) is -0.593. The molecule has 11 heteroatoms. The van der Waals surface area contributed by atoms with Gasteiger partial charge in [0, 0.05) is 33.7 Å². The highest BCUT2D eigenvalue weighted by Gasteiger charge is 2.62. The van der Waals surface area contributed by atoms with Crippen LogP contribution in [0.25, 0.3) is 11.2 Å². The van der Waals surface area contributed by atoms with E-state index in [2.05, 4.69) is 24.8 Å². The van der Waals surface area contributed by atoms with Crippen LogP contribution in [0.3, 0.4) is 0 Å². The molecule has 3 saturated heterocycles. The van der Waals surface area contributed by atoms with Gasteiger partial charge in [-0.15, -0.1) is 0 Å². The van der Waals surface area contributed by atoms with Crippen LogP contribution >= 0.6 is 0 Å². The van der Waals surface area contributed by atoms with Crippen molar-refractivity contribution in [2.75, 3.05) is 53.6 Å². The molecule has 11 nitrogen and oxygen atoms in total. The van der Waals surface area contributed by atoms with Gasteiger partial charge in [0.15, 0.2) is 23.2 Å². The quantitative estimate of drug-likeness (QED) is 0.517. The Labute approximate surface area is 167 Å². The van der Waals surface area contributed by atoms with Gasteiger partial charge >= 0.3 is 0 Å². The number of rotatable bonds is 5. The van der Waals surface area contributed by atoms with E-state index in [9.17, 15) is 5.11 Å². The fraction of sp³-hybridized carbons (Fsp3) is 0.667. The van der Waals surface area contributed by atoms with Crippen molar-refractivity contribution in [3.8, 4) is 0 Å². The Kier molecular flexibility index (Phi) is 4.71. The minimum Gasteiger partial charge on any atom is -0.387 e. The molecule has 0 radical (unpaired) electrons. The van der Waals surface area contributed by atoms with Gasteiger partial charge in [0.25, 0.3) is 0 Å². The molecule has 0 amide bonds. The van der Waals surface area contributed by atoms with Gasteiger partial charge in [0.1, 0.15) is 24.1 Å². The number of aliphatic hydroxyl groups is 1. The van der Waals surface area contributed by atoms with Crippen LogP contribution in [-0.4, -0.2) is 112 Å². The normalized spacial score (nSPS) is 32.6. The first-order valence-corrected chi connectivity index (χ1v) is 9.73. The molecule has 3 fully saturated rings. The molecular weight excluding hydrogens is 378 g/mol. The Morgan fingerprint density at radius 1 is 1.31 bits per heavy atom. The molecule has 5 rings (SSSR count). The molecule has 2 aromatic heterocycles. The van der Waals surface area contributed by atoms with Gasteiger partial charge in [0.05, 0.1) is 32.5 Å². The molecule has 0 saturated carbocycles. The summed E-state index contributed by atoms with van der Waals surface area (Å²) in [5.41, 5.74) is 0.414. The standard InChI is InChI=1S/C18H25N7O4/c1-23(2)10-22-15-12-16(20-9-19-15)25(11-21-12)17-13-14(26)18(29-17,8-28-13)7-24-3-5-27-6-4-24/h9-11,13-14,17,26H,3-8H2,1-2H3/t13?,14?,17-,18+/m1/s1. The van der Waals surface area contributed by atoms with E-state index >= 15 is 0 Å². The number of aliphatic imine (C=N–C) groups is 1. The highest BCUT2D eigenvalue weighted by Crippen LogP contribution is 2.46. The number of fused-ring (bicyclic) bond motifs is 3. The van der Waals surface area contributed by atoms with Crippen molar-refractivity contribution in [1.82, 2.24) is 29.3 Å². The van der Waals surface area contributed by atoms with Crippen LogP contribution in [0, 0.1) is 0 Å². The van der Waals surface area contributed by atoms with Gasteiger partial charge in [-0.3, -0.25) is 9.47 Å². The van der Waals surface area contributed by atoms with E-state index in [1.54, 1.807) is 17.2 Å². The zero-order valence-electron chi connectivity index (χ0n) is 16.5. The van der Waals surface area contributed by atoms with Crippen molar-refractivity contribution in [2.45, 2.75) is 24.0 Å². The Hall–Kier alpha value is -2.18. The number of nitrogens with zero attached hydrogens (tertiary/aromatic N) is 7. The highest BCUT2D eigenvalue weighted by molar-refractivity contribution is 5.82. The largest absolute Gasteiger partial charge is 0.387 e. The maximum atomic E-state index is 10.9. The van der Waals surface area contributed by atoms with E-state index in [1.165, 1.54) is 6.33 Å². The van der Waals surface area contributed by atoms with Crippen LogP contribution in [0.4, 0.5) is 5.82 Å². The van der Waals surface area contributed by atoms with Gasteiger partial charge in [-0.05, 0) is 0 Å². The van der Waals surface area contributed by atoms with Crippen LogP contribution in [0.1, 0.15) is 6.23 Å². The first-order chi connectivity index (χ1) is 14.1. The summed E-state index contributed by atoms with van der Waals surface area (Å²) in [4.78, 5) is 21.5. The first-order valence-electron chi connectivity index (χ1n) is 9.73. The van der Waals surface area contributed by atoms with E-state index in [4.69, 9.17) is 14.2 Å². The van der Waals surface area contributed by atoms with Crippen molar-refractivity contribution < 1.29 is 19.3 Å². The Balaban J connectivity index is 1.43. The molecule has 0 aliphatic carbocycles. The van der Waals surface area contributed by atoms with Gasteiger partial charge in [0.2, 0.25) is 0 Å². The minimum absolute atomic E-state index is 0.368. The third kappa shape index (κ3) is 3.19. The summed E-state index contributed by atoms with van der Waals surface area (Å²) in [5.74, 6) is 0.482. The molecule has 2 unspecified atom stereocenters. The molecular formula is C18H25N7O4. The SMILES string of the molecule is CN(C)C=Nc1ncnc2c1ncn2[C@@H]1O[C@@]2(CN3CCOCC3)COC1C2O. The van der Waals surface area contributed by atoms with Crippen LogP contribution in [0.2, 0.25) is 0 Å². The minimum atomic E-state index is -0.762. The van der Waals surface area contributed by atoms with Crippen molar-refractivity contribution in [3.63, 3.8) is 0 Å². The zero-order chi connectivity index (χ0) is 20.0. The van der Waals surface area contributed by atoms with E-state index in [0.29, 0.717) is 43.3 Å². The number of imidazole rings is 1. The lowest BCUT2D eigenvalue weighted by Gasteiger charge is -2.37. The molecule has 2 aromatic rings. The average Bonchev–Trinajstić information content (AvgIpc) is 3.36. The zero-order valence-corrected chi connectivity index (χ0v) is 16.5. The fourth-order valence-corrected chi connectivity index (χ4v) is 4.18. The topological polar surface area (TPSA) is 110 Å². The van der Waals surface area contributed by atoms with Crippen LogP contribution in [0.15, 0.2) is 17.6 Å². The lowest BCUT2D eigenvalue weighted by molar-refractivity contribution is -0.181. The molecule has 156 valence electrons. The molecule has 3 aliphatic heterocycles. The summed E-state index contributed by atoms with van der Waals surface area (Å²) in [6.45, 7) is 4.00. The molecule has 4 atom stereocenters. The highest BCUT2D eigenvalue weighted by atomic mass is 16.6. The molecule has 1 N–H and O–H groups in total. The number of aromatic nitrogens is 4. The summed E-state index contributed by atoms with van der Waals surface area (Å²) in [5, 5.41) is 10.9. The van der Waals surface area contributed by atoms with E-state index in [-0.39, 0.29) is 0 Å². The van der Waals surface area contributed by atoms with Crippen molar-refractivity contribution in [2.24, 2.45) is 4.99 Å². The van der Waals surface area contributed by atoms with Gasteiger partial charge < -0.3 is 24.2 Å². The van der Waals surface area contributed by atoms with Crippen molar-refractivity contribution in [3.05, 3.63) is 12.7 Å². The number of morpholine rings is 1. The second-order valence-electron chi connectivity index (χ2n) is 7.91. The lowest BCUT2D eigenvalue weighted by atomic mass is 9.98. The molecule has 2 bridgehead atoms. The maximum Gasteiger partial charge on any atom is 0.184 e. The molecule has 0 aromatic carbocycles. The summed E-state index contributed by atoms with van der Waals surface area (Å²) in [6, 6.07) is 0. The fourth-order valence-electron chi connectivity index (χ4n) is 4.18. The third-order valence-electron chi connectivity index (χ3n) is 5.63. The van der Waals surface area contributed by atoms with E-state index in [1.807, 2.05) is 19.0 Å². The second-order valence-corrected chi connectivity index (χ2v) is 7.91.